The molecule has 0 saturated carbocycles. The maximum absolute atomic E-state index is 11.7. The van der Waals surface area contributed by atoms with Crippen molar-refractivity contribution in [3.63, 3.8) is 0 Å². The fourth-order valence-corrected chi connectivity index (χ4v) is 1.95. The van der Waals surface area contributed by atoms with Gasteiger partial charge in [0.05, 0.1) is 0 Å². The molecule has 96 valence electrons. The summed E-state index contributed by atoms with van der Waals surface area (Å²) >= 11 is 0. The molecule has 0 aliphatic rings. The van der Waals surface area contributed by atoms with Gasteiger partial charge in [0.15, 0.2) is 0 Å². The van der Waals surface area contributed by atoms with Gasteiger partial charge in [0.25, 0.3) is 0 Å². The first-order chi connectivity index (χ1) is 8.46. The Hall–Kier alpha value is -1.81. The minimum absolute atomic E-state index is 0.0206. The number of amides is 1. The summed E-state index contributed by atoms with van der Waals surface area (Å²) in [6, 6.07) is 8.03. The van der Waals surface area contributed by atoms with Crippen LogP contribution < -0.4 is 11.1 Å². The van der Waals surface area contributed by atoms with E-state index in [1.165, 1.54) is 0 Å². The molecule has 4 N–H and O–H groups in total. The highest BCUT2D eigenvalue weighted by atomic mass is 16.1. The molecule has 1 aromatic heterocycles. The van der Waals surface area contributed by atoms with Gasteiger partial charge in [-0.05, 0) is 25.5 Å². The predicted molar refractivity (Wildman–Crippen MR) is 73.0 cm³/mol. The third kappa shape index (κ3) is 3.11. The van der Waals surface area contributed by atoms with E-state index >= 15 is 0 Å². The molecule has 4 nitrogen and oxygen atoms in total. The maximum Gasteiger partial charge on any atom is 0.222 e. The Kier molecular flexibility index (Phi) is 3.39. The zero-order chi connectivity index (χ0) is 13.2. The van der Waals surface area contributed by atoms with Crippen molar-refractivity contribution in [2.45, 2.75) is 32.4 Å². The van der Waals surface area contributed by atoms with Crippen molar-refractivity contribution in [2.75, 3.05) is 0 Å². The van der Waals surface area contributed by atoms with Crippen LogP contribution in [-0.4, -0.2) is 16.4 Å². The SMILES string of the molecule is CC(C)(N)CC(=O)NCc1c[nH]c2ccccc12. The molecule has 0 saturated heterocycles. The summed E-state index contributed by atoms with van der Waals surface area (Å²) in [7, 11) is 0. The summed E-state index contributed by atoms with van der Waals surface area (Å²) in [6.45, 7) is 4.22. The molecule has 1 amide bonds. The summed E-state index contributed by atoms with van der Waals surface area (Å²) < 4.78 is 0. The monoisotopic (exact) mass is 245 g/mol. The van der Waals surface area contributed by atoms with E-state index in [2.05, 4.69) is 10.3 Å². The van der Waals surface area contributed by atoms with Crippen molar-refractivity contribution < 1.29 is 4.79 Å². The molecule has 0 aliphatic carbocycles. The lowest BCUT2D eigenvalue weighted by Crippen LogP contribution is -2.38. The summed E-state index contributed by atoms with van der Waals surface area (Å²) in [6.07, 6.45) is 2.26. The number of benzene rings is 1. The molecule has 0 fully saturated rings. The molecule has 2 aromatic rings. The van der Waals surface area contributed by atoms with Crippen molar-refractivity contribution in [1.82, 2.24) is 10.3 Å². The smallest absolute Gasteiger partial charge is 0.222 e. The standard InChI is InChI=1S/C14H19N3O/c1-14(2,15)7-13(18)17-9-10-8-16-12-6-4-3-5-11(10)12/h3-6,8,16H,7,9,15H2,1-2H3,(H,17,18). The normalized spacial score (nSPS) is 11.7. The fraction of sp³-hybridized carbons (Fsp3) is 0.357. The molecule has 0 aliphatic heterocycles. The summed E-state index contributed by atoms with van der Waals surface area (Å²) in [5, 5.41) is 4.04. The number of aromatic amines is 1. The number of nitrogens with one attached hydrogen (secondary N) is 2. The van der Waals surface area contributed by atoms with Crippen LogP contribution in [-0.2, 0) is 11.3 Å². The van der Waals surface area contributed by atoms with E-state index in [0.29, 0.717) is 13.0 Å². The van der Waals surface area contributed by atoms with Gasteiger partial charge in [0, 0.05) is 35.6 Å². The summed E-state index contributed by atoms with van der Waals surface area (Å²) in [5.41, 5.74) is 7.52. The Morgan fingerprint density at radius 2 is 2.11 bits per heavy atom. The number of para-hydroxylation sites is 1. The molecule has 0 spiro atoms. The predicted octanol–water partition coefficient (Wildman–Crippen LogP) is 1.91. The third-order valence-electron chi connectivity index (χ3n) is 2.77. The zero-order valence-corrected chi connectivity index (χ0v) is 10.8. The largest absolute Gasteiger partial charge is 0.361 e. The van der Waals surface area contributed by atoms with Crippen LogP contribution in [0, 0.1) is 0 Å². The van der Waals surface area contributed by atoms with Gasteiger partial charge in [-0.3, -0.25) is 4.79 Å². The van der Waals surface area contributed by atoms with Crippen LogP contribution in [0.4, 0.5) is 0 Å². The van der Waals surface area contributed by atoms with E-state index in [4.69, 9.17) is 5.73 Å². The van der Waals surface area contributed by atoms with Crippen molar-refractivity contribution in [2.24, 2.45) is 5.73 Å². The maximum atomic E-state index is 11.7. The van der Waals surface area contributed by atoms with E-state index in [1.807, 2.05) is 44.3 Å². The van der Waals surface area contributed by atoms with Crippen molar-refractivity contribution in [3.8, 4) is 0 Å². The van der Waals surface area contributed by atoms with Gasteiger partial charge in [0.1, 0.15) is 0 Å². The number of hydrogen-bond acceptors (Lipinski definition) is 2. The average molecular weight is 245 g/mol. The highest BCUT2D eigenvalue weighted by molar-refractivity contribution is 5.84. The first kappa shape index (κ1) is 12.6. The molecule has 18 heavy (non-hydrogen) atoms. The van der Waals surface area contributed by atoms with E-state index in [1.54, 1.807) is 0 Å². The third-order valence-corrected chi connectivity index (χ3v) is 2.77. The highest BCUT2D eigenvalue weighted by Gasteiger charge is 2.16. The molecular formula is C14H19N3O. The van der Waals surface area contributed by atoms with Gasteiger partial charge in [0.2, 0.25) is 5.91 Å². The van der Waals surface area contributed by atoms with Gasteiger partial charge in [-0.25, -0.2) is 0 Å². The Labute approximate surface area is 107 Å². The van der Waals surface area contributed by atoms with Crippen LogP contribution in [0.2, 0.25) is 0 Å². The molecule has 1 heterocycles. The van der Waals surface area contributed by atoms with Crippen LogP contribution >= 0.6 is 0 Å². The van der Waals surface area contributed by atoms with Gasteiger partial charge >= 0.3 is 0 Å². The van der Waals surface area contributed by atoms with E-state index in [0.717, 1.165) is 16.5 Å². The second kappa shape index (κ2) is 4.82. The number of nitrogens with two attached hydrogens (primary N) is 1. The van der Waals surface area contributed by atoms with Crippen LogP contribution in [0.3, 0.4) is 0 Å². The van der Waals surface area contributed by atoms with Crippen molar-refractivity contribution >= 4 is 16.8 Å². The fourth-order valence-electron chi connectivity index (χ4n) is 1.95. The summed E-state index contributed by atoms with van der Waals surface area (Å²) in [5.74, 6) is -0.0206. The first-order valence-corrected chi connectivity index (χ1v) is 6.06. The molecule has 0 radical (unpaired) electrons. The lowest BCUT2D eigenvalue weighted by molar-refractivity contribution is -0.122. The number of carbonyl (C=O) groups is 1. The Balaban J connectivity index is 2.00. The molecular weight excluding hydrogens is 226 g/mol. The molecule has 2 rings (SSSR count). The van der Waals surface area contributed by atoms with Crippen molar-refractivity contribution in [3.05, 3.63) is 36.0 Å². The molecule has 0 unspecified atom stereocenters. The van der Waals surface area contributed by atoms with Crippen LogP contribution in [0.15, 0.2) is 30.5 Å². The Morgan fingerprint density at radius 1 is 1.39 bits per heavy atom. The second-order valence-electron chi connectivity index (χ2n) is 5.30. The number of rotatable bonds is 4. The van der Waals surface area contributed by atoms with Gasteiger partial charge in [-0.2, -0.15) is 0 Å². The van der Waals surface area contributed by atoms with E-state index in [9.17, 15) is 4.79 Å². The average Bonchev–Trinajstić information content (AvgIpc) is 2.67. The number of aromatic nitrogens is 1. The lowest BCUT2D eigenvalue weighted by atomic mass is 10.0. The highest BCUT2D eigenvalue weighted by Crippen LogP contribution is 2.17. The lowest BCUT2D eigenvalue weighted by Gasteiger charge is -2.17. The topological polar surface area (TPSA) is 70.9 Å². The molecule has 0 atom stereocenters. The molecule has 0 bridgehead atoms. The number of fused-ring (bicyclic) bond motifs is 1. The molecule has 1 aromatic carbocycles. The summed E-state index contributed by atoms with van der Waals surface area (Å²) in [4.78, 5) is 14.9. The van der Waals surface area contributed by atoms with Gasteiger partial charge < -0.3 is 16.0 Å². The van der Waals surface area contributed by atoms with Crippen LogP contribution in [0.1, 0.15) is 25.8 Å². The minimum Gasteiger partial charge on any atom is -0.361 e. The van der Waals surface area contributed by atoms with Crippen molar-refractivity contribution in [1.29, 1.82) is 0 Å². The Bertz CT molecular complexity index is 551. The van der Waals surface area contributed by atoms with Crippen LogP contribution in [0.5, 0.6) is 0 Å². The van der Waals surface area contributed by atoms with E-state index in [-0.39, 0.29) is 5.91 Å². The number of hydrogen-bond donors (Lipinski definition) is 3. The van der Waals surface area contributed by atoms with Crippen LogP contribution in [0.25, 0.3) is 10.9 Å². The number of H-pyrrole nitrogens is 1. The Morgan fingerprint density at radius 3 is 2.83 bits per heavy atom. The zero-order valence-electron chi connectivity index (χ0n) is 10.8. The number of carbonyl (C=O) groups excluding carboxylic acids is 1. The van der Waals surface area contributed by atoms with E-state index < -0.39 is 5.54 Å². The quantitative estimate of drug-likeness (QED) is 0.770. The van der Waals surface area contributed by atoms with Gasteiger partial charge in [-0.1, -0.05) is 18.2 Å². The second-order valence-corrected chi connectivity index (χ2v) is 5.30. The first-order valence-electron chi connectivity index (χ1n) is 6.06. The molecule has 4 heteroatoms. The minimum atomic E-state index is -0.468. The van der Waals surface area contributed by atoms with Gasteiger partial charge in [-0.15, -0.1) is 0 Å².